The van der Waals surface area contributed by atoms with Gasteiger partial charge in [-0.25, -0.2) is 9.97 Å². The van der Waals surface area contributed by atoms with Crippen molar-refractivity contribution in [2.24, 2.45) is 0 Å². The summed E-state index contributed by atoms with van der Waals surface area (Å²) >= 11 is 0. The van der Waals surface area contributed by atoms with E-state index in [2.05, 4.69) is 15.3 Å². The third-order valence-corrected chi connectivity index (χ3v) is 2.70. The SMILES string of the molecule is CNCCOc1cnc(-c2cccc(C(F)(F)F)c2)nc1. The summed E-state index contributed by atoms with van der Waals surface area (Å²) in [6.45, 7) is 1.14. The van der Waals surface area contributed by atoms with Crippen LogP contribution in [0.2, 0.25) is 0 Å². The highest BCUT2D eigenvalue weighted by atomic mass is 19.4. The number of hydrogen-bond donors (Lipinski definition) is 1. The molecular weight excluding hydrogens is 283 g/mol. The number of aromatic nitrogens is 2. The van der Waals surface area contributed by atoms with Gasteiger partial charge in [0.1, 0.15) is 6.61 Å². The molecule has 1 heterocycles. The van der Waals surface area contributed by atoms with Crippen LogP contribution in [-0.4, -0.2) is 30.2 Å². The first-order valence-corrected chi connectivity index (χ1v) is 6.28. The third-order valence-electron chi connectivity index (χ3n) is 2.70. The molecule has 0 aliphatic carbocycles. The van der Waals surface area contributed by atoms with Gasteiger partial charge in [0.05, 0.1) is 18.0 Å². The van der Waals surface area contributed by atoms with Crippen molar-refractivity contribution >= 4 is 0 Å². The van der Waals surface area contributed by atoms with Crippen molar-refractivity contribution < 1.29 is 17.9 Å². The lowest BCUT2D eigenvalue weighted by Gasteiger charge is -2.08. The number of hydrogen-bond acceptors (Lipinski definition) is 4. The van der Waals surface area contributed by atoms with Gasteiger partial charge in [0.15, 0.2) is 11.6 Å². The summed E-state index contributed by atoms with van der Waals surface area (Å²) in [6.07, 6.45) is -1.50. The maximum atomic E-state index is 12.7. The van der Waals surface area contributed by atoms with Crippen molar-refractivity contribution in [2.75, 3.05) is 20.2 Å². The van der Waals surface area contributed by atoms with Gasteiger partial charge in [0, 0.05) is 12.1 Å². The molecule has 1 N–H and O–H groups in total. The number of halogens is 3. The molecule has 0 aliphatic rings. The van der Waals surface area contributed by atoms with Crippen molar-refractivity contribution in [3.8, 4) is 17.1 Å². The Morgan fingerprint density at radius 2 is 1.90 bits per heavy atom. The number of ether oxygens (including phenoxy) is 1. The Bertz CT molecular complexity index is 585. The Balaban J connectivity index is 2.15. The first-order chi connectivity index (χ1) is 10.0. The summed E-state index contributed by atoms with van der Waals surface area (Å²) in [5, 5.41) is 2.92. The molecule has 0 aliphatic heterocycles. The first-order valence-electron chi connectivity index (χ1n) is 6.28. The van der Waals surface area contributed by atoms with Gasteiger partial charge in [-0.3, -0.25) is 0 Å². The molecule has 0 amide bonds. The summed E-state index contributed by atoms with van der Waals surface area (Å²) < 4.78 is 43.3. The molecule has 21 heavy (non-hydrogen) atoms. The predicted octanol–water partition coefficient (Wildman–Crippen LogP) is 2.76. The van der Waals surface area contributed by atoms with Gasteiger partial charge in [-0.1, -0.05) is 12.1 Å². The van der Waals surface area contributed by atoms with Crippen molar-refractivity contribution in [3.05, 3.63) is 42.2 Å². The Morgan fingerprint density at radius 3 is 2.52 bits per heavy atom. The Hall–Kier alpha value is -2.15. The first kappa shape index (κ1) is 15.2. The smallest absolute Gasteiger partial charge is 0.416 e. The van der Waals surface area contributed by atoms with Gasteiger partial charge in [0.2, 0.25) is 0 Å². The maximum absolute atomic E-state index is 12.7. The standard InChI is InChI=1S/C14H14F3N3O/c1-18-5-6-21-12-8-19-13(20-9-12)10-3-2-4-11(7-10)14(15,16)17/h2-4,7-9,18H,5-6H2,1H3. The normalized spacial score (nSPS) is 11.4. The zero-order valence-electron chi connectivity index (χ0n) is 11.3. The molecule has 0 atom stereocenters. The highest BCUT2D eigenvalue weighted by Gasteiger charge is 2.30. The van der Waals surface area contributed by atoms with Gasteiger partial charge in [0.25, 0.3) is 0 Å². The monoisotopic (exact) mass is 297 g/mol. The number of nitrogens with one attached hydrogen (secondary N) is 1. The third kappa shape index (κ3) is 4.16. The molecule has 2 rings (SSSR count). The Kier molecular flexibility index (Phi) is 4.74. The van der Waals surface area contributed by atoms with Crippen LogP contribution in [-0.2, 0) is 6.18 Å². The minimum Gasteiger partial charge on any atom is -0.489 e. The molecule has 0 radical (unpaired) electrons. The van der Waals surface area contributed by atoms with Crippen LogP contribution in [0.1, 0.15) is 5.56 Å². The molecule has 7 heteroatoms. The fourth-order valence-electron chi connectivity index (χ4n) is 1.65. The Morgan fingerprint density at radius 1 is 1.19 bits per heavy atom. The molecular formula is C14H14F3N3O. The summed E-state index contributed by atoms with van der Waals surface area (Å²) in [4.78, 5) is 8.05. The van der Waals surface area contributed by atoms with Crippen LogP contribution in [0, 0.1) is 0 Å². The predicted molar refractivity (Wildman–Crippen MR) is 71.9 cm³/mol. The van der Waals surface area contributed by atoms with E-state index in [0.717, 1.165) is 12.1 Å². The second kappa shape index (κ2) is 6.53. The van der Waals surface area contributed by atoms with Crippen LogP contribution in [0.5, 0.6) is 5.75 Å². The molecule has 1 aromatic carbocycles. The van der Waals surface area contributed by atoms with E-state index in [1.54, 1.807) is 7.05 Å². The lowest BCUT2D eigenvalue weighted by atomic mass is 10.1. The van der Waals surface area contributed by atoms with E-state index in [1.807, 2.05) is 0 Å². The maximum Gasteiger partial charge on any atom is 0.416 e. The van der Waals surface area contributed by atoms with Gasteiger partial charge >= 0.3 is 6.18 Å². The van der Waals surface area contributed by atoms with Crippen LogP contribution in [0.3, 0.4) is 0 Å². The minimum absolute atomic E-state index is 0.224. The fourth-order valence-corrected chi connectivity index (χ4v) is 1.65. The molecule has 0 unspecified atom stereocenters. The van der Waals surface area contributed by atoms with E-state index in [1.165, 1.54) is 24.5 Å². The Labute approximate surface area is 120 Å². The van der Waals surface area contributed by atoms with E-state index in [9.17, 15) is 13.2 Å². The number of likely N-dealkylation sites (N-methyl/N-ethyl adjacent to an activating group) is 1. The number of rotatable bonds is 5. The molecule has 0 bridgehead atoms. The molecule has 2 aromatic rings. The fraction of sp³-hybridized carbons (Fsp3) is 0.286. The molecule has 112 valence electrons. The second-order valence-electron chi connectivity index (χ2n) is 4.27. The zero-order chi connectivity index (χ0) is 15.3. The highest BCUT2D eigenvalue weighted by molar-refractivity contribution is 5.56. The highest BCUT2D eigenvalue weighted by Crippen LogP contribution is 2.31. The van der Waals surface area contributed by atoms with Gasteiger partial charge in [-0.05, 0) is 19.2 Å². The second-order valence-corrected chi connectivity index (χ2v) is 4.27. The largest absolute Gasteiger partial charge is 0.489 e. The quantitative estimate of drug-likeness (QED) is 0.862. The summed E-state index contributed by atoms with van der Waals surface area (Å²) in [7, 11) is 1.80. The lowest BCUT2D eigenvalue weighted by molar-refractivity contribution is -0.137. The molecule has 4 nitrogen and oxygen atoms in total. The van der Waals surface area contributed by atoms with E-state index >= 15 is 0 Å². The van der Waals surface area contributed by atoms with Crippen LogP contribution in [0.15, 0.2) is 36.7 Å². The van der Waals surface area contributed by atoms with Crippen molar-refractivity contribution in [2.45, 2.75) is 6.18 Å². The van der Waals surface area contributed by atoms with E-state index in [4.69, 9.17) is 4.74 Å². The van der Waals surface area contributed by atoms with Gasteiger partial charge < -0.3 is 10.1 Å². The molecule has 0 spiro atoms. The van der Waals surface area contributed by atoms with Crippen LogP contribution in [0.4, 0.5) is 13.2 Å². The number of alkyl halides is 3. The molecule has 0 saturated carbocycles. The minimum atomic E-state index is -4.38. The lowest BCUT2D eigenvalue weighted by Crippen LogP contribution is -2.16. The van der Waals surface area contributed by atoms with Crippen LogP contribution < -0.4 is 10.1 Å². The average molecular weight is 297 g/mol. The average Bonchev–Trinajstić information content (AvgIpc) is 2.47. The summed E-state index contributed by atoms with van der Waals surface area (Å²) in [5.41, 5.74) is -0.412. The molecule has 0 saturated heterocycles. The zero-order valence-corrected chi connectivity index (χ0v) is 11.3. The molecule has 1 aromatic heterocycles. The van der Waals surface area contributed by atoms with Gasteiger partial charge in [-0.2, -0.15) is 13.2 Å². The van der Waals surface area contributed by atoms with Crippen molar-refractivity contribution in [1.82, 2.24) is 15.3 Å². The topological polar surface area (TPSA) is 47.0 Å². The van der Waals surface area contributed by atoms with Gasteiger partial charge in [-0.15, -0.1) is 0 Å². The number of benzene rings is 1. The molecule has 0 fully saturated rings. The summed E-state index contributed by atoms with van der Waals surface area (Å²) in [6, 6.07) is 4.90. The van der Waals surface area contributed by atoms with E-state index in [-0.39, 0.29) is 5.82 Å². The summed E-state index contributed by atoms with van der Waals surface area (Å²) in [5.74, 6) is 0.697. The van der Waals surface area contributed by atoms with Crippen LogP contribution >= 0.6 is 0 Å². The van der Waals surface area contributed by atoms with E-state index in [0.29, 0.717) is 24.5 Å². The van der Waals surface area contributed by atoms with Crippen molar-refractivity contribution in [3.63, 3.8) is 0 Å². The van der Waals surface area contributed by atoms with Crippen LogP contribution in [0.25, 0.3) is 11.4 Å². The van der Waals surface area contributed by atoms with Crippen molar-refractivity contribution in [1.29, 1.82) is 0 Å². The van der Waals surface area contributed by atoms with E-state index < -0.39 is 11.7 Å². The number of nitrogens with zero attached hydrogens (tertiary/aromatic N) is 2.